The molecule has 23 heavy (non-hydrogen) atoms. The van der Waals surface area contributed by atoms with Gasteiger partial charge in [0.15, 0.2) is 0 Å². The van der Waals surface area contributed by atoms with Crippen molar-refractivity contribution in [3.63, 3.8) is 0 Å². The highest BCUT2D eigenvalue weighted by Crippen LogP contribution is 2.38. The quantitative estimate of drug-likeness (QED) is 0.359. The first-order chi connectivity index (χ1) is 11.0. The Morgan fingerprint density at radius 1 is 1.22 bits per heavy atom. The number of pyridine rings is 1. The maximum Gasteiger partial charge on any atom is 0.340 e. The van der Waals surface area contributed by atoms with E-state index < -0.39 is 0 Å². The summed E-state index contributed by atoms with van der Waals surface area (Å²) < 4.78 is 6.18. The van der Waals surface area contributed by atoms with Gasteiger partial charge in [-0.3, -0.25) is 4.98 Å². The van der Waals surface area contributed by atoms with Gasteiger partial charge in [-0.25, -0.2) is 4.79 Å². The van der Waals surface area contributed by atoms with Gasteiger partial charge in [0.2, 0.25) is 0 Å². The van der Waals surface area contributed by atoms with Crippen LogP contribution in [-0.4, -0.2) is 29.1 Å². The molecule has 3 nitrogen and oxygen atoms in total. The highest BCUT2D eigenvalue weighted by molar-refractivity contribution is 8.22. The number of carbonyl (C=O) groups is 1. The number of hydrogen-bond acceptors (Lipinski definition) is 5. The summed E-state index contributed by atoms with van der Waals surface area (Å²) >= 11 is 3.20. The molecule has 1 heterocycles. The zero-order chi connectivity index (χ0) is 17.2. The minimum atomic E-state index is -0.320. The van der Waals surface area contributed by atoms with Crippen LogP contribution in [0.25, 0.3) is 5.57 Å². The van der Waals surface area contributed by atoms with Crippen LogP contribution in [0.1, 0.15) is 26.3 Å². The number of carbonyl (C=O) groups excluding carboxylic acids is 1. The van der Waals surface area contributed by atoms with E-state index >= 15 is 0 Å². The van der Waals surface area contributed by atoms with E-state index in [0.717, 1.165) is 32.5 Å². The van der Waals surface area contributed by atoms with Gasteiger partial charge in [-0.1, -0.05) is 30.4 Å². The van der Waals surface area contributed by atoms with Gasteiger partial charge in [-0.15, -0.1) is 23.5 Å². The van der Waals surface area contributed by atoms with Gasteiger partial charge in [0, 0.05) is 29.5 Å². The summed E-state index contributed by atoms with van der Waals surface area (Å²) in [5, 5.41) is 0. The molecule has 5 heteroatoms. The molecule has 0 aromatic carbocycles. The lowest BCUT2D eigenvalue weighted by molar-refractivity contribution is -0.136. The van der Waals surface area contributed by atoms with Crippen LogP contribution in [0.3, 0.4) is 0 Å². The summed E-state index contributed by atoms with van der Waals surface area (Å²) in [7, 11) is 0. The van der Waals surface area contributed by atoms with E-state index in [4.69, 9.17) is 4.74 Å². The molecule has 0 bridgehead atoms. The predicted molar refractivity (Wildman–Crippen MR) is 102 cm³/mol. The van der Waals surface area contributed by atoms with Gasteiger partial charge >= 0.3 is 5.97 Å². The van der Waals surface area contributed by atoms with Gasteiger partial charge in [0.1, 0.15) is 0 Å². The van der Waals surface area contributed by atoms with E-state index in [2.05, 4.69) is 18.1 Å². The van der Waals surface area contributed by atoms with Crippen molar-refractivity contribution in [2.75, 3.05) is 18.1 Å². The summed E-state index contributed by atoms with van der Waals surface area (Å²) in [6.45, 7) is 14.0. The number of esters is 1. The van der Waals surface area contributed by atoms with E-state index in [1.54, 1.807) is 42.8 Å². The van der Waals surface area contributed by atoms with Crippen LogP contribution >= 0.6 is 23.5 Å². The van der Waals surface area contributed by atoms with Gasteiger partial charge in [0.05, 0.1) is 16.4 Å². The monoisotopic (exact) mass is 349 g/mol. The molecule has 0 radical (unpaired) electrons. The highest BCUT2D eigenvalue weighted by atomic mass is 32.2. The predicted octanol–water partition coefficient (Wildman–Crippen LogP) is 4.93. The molecule has 0 N–H and O–H groups in total. The van der Waals surface area contributed by atoms with Crippen LogP contribution in [0, 0.1) is 0 Å². The number of hydrogen-bond donors (Lipinski definition) is 0. The molecule has 0 atom stereocenters. The molecule has 0 aliphatic rings. The molecule has 1 aromatic rings. The molecular weight excluding hydrogens is 326 g/mol. The maximum absolute atomic E-state index is 12.5. The first-order valence-electron chi connectivity index (χ1n) is 7.31. The van der Waals surface area contributed by atoms with E-state index in [-0.39, 0.29) is 5.97 Å². The van der Waals surface area contributed by atoms with Gasteiger partial charge in [-0.05, 0) is 26.8 Å². The normalized spacial score (nSPS) is 10.0. The zero-order valence-electron chi connectivity index (χ0n) is 13.9. The summed E-state index contributed by atoms with van der Waals surface area (Å²) in [5.41, 5.74) is 3.44. The lowest BCUT2D eigenvalue weighted by Gasteiger charge is -2.14. The second-order valence-electron chi connectivity index (χ2n) is 5.12. The van der Waals surface area contributed by atoms with Crippen molar-refractivity contribution in [2.45, 2.75) is 20.8 Å². The number of thioether (sulfide) groups is 2. The molecule has 0 unspecified atom stereocenters. The fourth-order valence-electron chi connectivity index (χ4n) is 1.60. The maximum atomic E-state index is 12.5. The van der Waals surface area contributed by atoms with Crippen LogP contribution in [0.5, 0.6) is 0 Å². The largest absolute Gasteiger partial charge is 0.462 e. The Labute approximate surface area is 147 Å². The Balaban J connectivity index is 3.27. The summed E-state index contributed by atoms with van der Waals surface area (Å²) in [4.78, 5) is 16.6. The van der Waals surface area contributed by atoms with E-state index in [0.29, 0.717) is 12.2 Å². The molecular formula is C18H23NO2S2. The smallest absolute Gasteiger partial charge is 0.340 e. The van der Waals surface area contributed by atoms with Crippen molar-refractivity contribution in [3.8, 4) is 0 Å². The molecule has 0 saturated carbocycles. The van der Waals surface area contributed by atoms with Crippen molar-refractivity contribution in [1.29, 1.82) is 0 Å². The molecule has 0 amide bonds. The third-order valence-electron chi connectivity index (χ3n) is 2.53. The van der Waals surface area contributed by atoms with Crippen LogP contribution < -0.4 is 0 Å². The average molecular weight is 350 g/mol. The van der Waals surface area contributed by atoms with Crippen molar-refractivity contribution in [1.82, 2.24) is 4.98 Å². The summed E-state index contributed by atoms with van der Waals surface area (Å²) in [6, 6.07) is 3.70. The van der Waals surface area contributed by atoms with Crippen LogP contribution in [-0.2, 0) is 9.53 Å². The molecule has 0 aliphatic heterocycles. The summed E-state index contributed by atoms with van der Waals surface area (Å²) in [5.74, 6) is 1.18. The minimum Gasteiger partial charge on any atom is -0.462 e. The van der Waals surface area contributed by atoms with Crippen molar-refractivity contribution in [2.24, 2.45) is 0 Å². The number of rotatable bonds is 9. The third-order valence-corrected chi connectivity index (χ3v) is 5.45. The number of ether oxygens (including phenoxy) is 1. The van der Waals surface area contributed by atoms with Gasteiger partial charge < -0.3 is 4.74 Å². The highest BCUT2D eigenvalue weighted by Gasteiger charge is 2.20. The first-order valence-corrected chi connectivity index (χ1v) is 9.29. The third kappa shape index (κ3) is 7.10. The Bertz CT molecular complexity index is 574. The molecule has 1 rings (SSSR count). The Hall–Kier alpha value is -1.46. The Morgan fingerprint density at radius 2 is 1.83 bits per heavy atom. The van der Waals surface area contributed by atoms with E-state index in [1.807, 2.05) is 26.0 Å². The average Bonchev–Trinajstić information content (AvgIpc) is 2.50. The van der Waals surface area contributed by atoms with Crippen molar-refractivity contribution < 1.29 is 9.53 Å². The zero-order valence-corrected chi connectivity index (χ0v) is 15.6. The van der Waals surface area contributed by atoms with Crippen molar-refractivity contribution in [3.05, 3.63) is 58.6 Å². The molecule has 124 valence electrons. The van der Waals surface area contributed by atoms with Crippen LogP contribution in [0.15, 0.2) is 53.1 Å². The van der Waals surface area contributed by atoms with Gasteiger partial charge in [-0.2, -0.15) is 0 Å². The summed E-state index contributed by atoms with van der Waals surface area (Å²) in [6.07, 6.45) is 3.38. The topological polar surface area (TPSA) is 39.2 Å². The molecule has 0 aliphatic carbocycles. The lowest BCUT2D eigenvalue weighted by Crippen LogP contribution is -2.09. The standard InChI is InChI=1S/C18H23NO2S2/c1-6-21-17(20)16(15-8-7-9-19-10-15)18(22-11-13(2)3)23-12-14(4)5/h7-10H,2,4,6,11-12H2,1,3,5H3. The molecule has 1 aromatic heterocycles. The van der Waals surface area contributed by atoms with Crippen LogP contribution in [0.2, 0.25) is 0 Å². The second kappa shape index (κ2) is 10.3. The molecule has 0 spiro atoms. The Kier molecular flexibility index (Phi) is 8.81. The lowest BCUT2D eigenvalue weighted by atomic mass is 10.1. The second-order valence-corrected chi connectivity index (χ2v) is 7.35. The SMILES string of the molecule is C=C(C)CSC(SCC(=C)C)=C(C(=O)OCC)c1cccnc1. The number of nitrogens with zero attached hydrogens (tertiary/aromatic N) is 1. The van der Waals surface area contributed by atoms with Crippen LogP contribution in [0.4, 0.5) is 0 Å². The number of aromatic nitrogens is 1. The van der Waals surface area contributed by atoms with Gasteiger partial charge in [0.25, 0.3) is 0 Å². The molecule has 0 saturated heterocycles. The fraction of sp³-hybridized carbons (Fsp3) is 0.333. The van der Waals surface area contributed by atoms with E-state index in [9.17, 15) is 4.79 Å². The fourth-order valence-corrected chi connectivity index (χ4v) is 3.73. The van der Waals surface area contributed by atoms with Crippen molar-refractivity contribution >= 4 is 35.1 Å². The minimum absolute atomic E-state index is 0.320. The van der Waals surface area contributed by atoms with E-state index in [1.165, 1.54) is 0 Å². The first kappa shape index (κ1) is 19.6. The molecule has 0 fully saturated rings. The Morgan fingerprint density at radius 3 is 2.26 bits per heavy atom.